The van der Waals surface area contributed by atoms with Crippen LogP contribution in [0.4, 0.5) is 17.6 Å². The fourth-order valence-electron chi connectivity index (χ4n) is 2.31. The molecule has 0 saturated carbocycles. The Bertz CT molecular complexity index is 1280. The first kappa shape index (κ1) is 46.6. The quantitative estimate of drug-likeness (QED) is 0.121. The summed E-state index contributed by atoms with van der Waals surface area (Å²) in [6, 6.07) is 5.49. The molecule has 19 heteroatoms. The zero-order valence-corrected chi connectivity index (χ0v) is 27.1. The van der Waals surface area contributed by atoms with Gasteiger partial charge in [-0.1, -0.05) is 37.7 Å². The van der Waals surface area contributed by atoms with Crippen molar-refractivity contribution in [3.05, 3.63) is 59.2 Å². The summed E-state index contributed by atoms with van der Waals surface area (Å²) < 4.78 is 104. The van der Waals surface area contributed by atoms with E-state index in [0.717, 1.165) is 19.4 Å². The van der Waals surface area contributed by atoms with Gasteiger partial charge in [-0.05, 0) is 29.5 Å². The minimum absolute atomic E-state index is 0. The molecule has 228 valence electrons. The van der Waals surface area contributed by atoms with Crippen molar-refractivity contribution in [2.45, 2.75) is 52.1 Å². The molecule has 0 aliphatic carbocycles. The van der Waals surface area contributed by atoms with E-state index in [1.54, 1.807) is 12.3 Å². The summed E-state index contributed by atoms with van der Waals surface area (Å²) in [5, 5.41) is 16.7. The van der Waals surface area contributed by atoms with E-state index in [-0.39, 0.29) is 63.0 Å². The third-order valence-corrected chi connectivity index (χ3v) is 6.27. The van der Waals surface area contributed by atoms with Gasteiger partial charge in [-0.3, -0.25) is 23.7 Å². The van der Waals surface area contributed by atoms with E-state index >= 15 is 0 Å². The molecule has 0 aromatic carbocycles. The average Bonchev–Trinajstić information content (AvgIpc) is 2.72. The van der Waals surface area contributed by atoms with Crippen molar-refractivity contribution in [3.63, 3.8) is 0 Å². The molecular weight excluding hydrogens is 718 g/mol. The van der Waals surface area contributed by atoms with E-state index in [1.165, 1.54) is 43.0 Å². The van der Waals surface area contributed by atoms with Crippen molar-refractivity contribution >= 4 is 20.4 Å². The van der Waals surface area contributed by atoms with Gasteiger partial charge < -0.3 is 0 Å². The molecule has 0 spiro atoms. The number of pyridine rings is 2. The van der Waals surface area contributed by atoms with Gasteiger partial charge in [0.05, 0.1) is 15.5 Å². The number of halogens is 5. The third-order valence-electron chi connectivity index (χ3n) is 3.79. The van der Waals surface area contributed by atoms with Crippen LogP contribution in [-0.2, 0) is 43.8 Å². The minimum Gasteiger partial charge on any atom is -0.286 e. The molecule has 0 bridgehead atoms. The maximum Gasteiger partial charge on any atom is 1.00 e. The first-order chi connectivity index (χ1) is 17.2. The molecule has 0 aliphatic heterocycles. The van der Waals surface area contributed by atoms with E-state index in [0.29, 0.717) is 11.3 Å². The summed E-state index contributed by atoms with van der Waals surface area (Å²) >= 11 is -5.94. The number of nitriles is 2. The van der Waals surface area contributed by atoms with Crippen LogP contribution >= 0.6 is 0 Å². The number of alkyl halides is 4. The van der Waals surface area contributed by atoms with Crippen LogP contribution in [-0.4, -0.2) is 26.7 Å². The van der Waals surface area contributed by atoms with E-state index in [4.69, 9.17) is 24.3 Å². The Balaban J connectivity index is -0.000000173. The number of nitrogens with zero attached hydrogens (tertiary/aromatic N) is 6. The number of rotatable bonds is 6. The van der Waals surface area contributed by atoms with E-state index in [2.05, 4.69) is 18.7 Å². The molecule has 2 aromatic rings. The molecule has 2 atom stereocenters. The van der Waals surface area contributed by atoms with Crippen LogP contribution < -0.4 is 63.4 Å². The summed E-state index contributed by atoms with van der Waals surface area (Å²) in [4.78, 5) is 7.29. The summed E-state index contributed by atoms with van der Waals surface area (Å²) in [6.45, 7) is 1.56. The Labute approximate surface area is 270 Å². The van der Waals surface area contributed by atoms with Gasteiger partial charge in [0.1, 0.15) is 31.5 Å². The van der Waals surface area contributed by atoms with Crippen molar-refractivity contribution in [1.29, 1.82) is 10.5 Å². The molecule has 0 fully saturated rings. The molecule has 0 radical (unpaired) electrons. The number of hydrogen-bond donors (Lipinski definition) is 0. The normalized spacial score (nSPS) is 12.8. The summed E-state index contributed by atoms with van der Waals surface area (Å²) in [7, 11) is -3.06. The minimum atomic E-state index is -5.94. The van der Waals surface area contributed by atoms with Crippen molar-refractivity contribution in [3.8, 4) is 12.4 Å². The Kier molecular flexibility index (Phi) is 23.4. The van der Waals surface area contributed by atoms with Crippen LogP contribution in [0.1, 0.15) is 52.6 Å². The second kappa shape index (κ2) is 20.6. The SMILES string of the molecule is C.C.CC(F)(F)c1ccc(CS(C)(=O)=NC#N)cn1.CS(Cc1ccc(C(C)(F)F)nc1)=NC#N.[2HH].[Na+].[O-][I+3]([O-])([O-])[O-]. The molecule has 0 aliphatic rings. The number of hydrogen-bond acceptors (Lipinski definition) is 11. The zero-order valence-electron chi connectivity index (χ0n) is 21.3. The predicted octanol–water partition coefficient (Wildman–Crippen LogP) is -4.35. The molecule has 2 unspecified atom stereocenters. The molecule has 0 saturated heterocycles. The summed E-state index contributed by atoms with van der Waals surface area (Å²) in [5.41, 5.74) is 0.716. The van der Waals surface area contributed by atoms with Gasteiger partial charge in [-0.25, -0.2) is 4.21 Å². The predicted molar refractivity (Wildman–Crippen MR) is 134 cm³/mol. The Hall–Kier alpha value is -1.33. The van der Waals surface area contributed by atoms with Crippen LogP contribution in [0.5, 0.6) is 0 Å². The topological polar surface area (TPSA) is 207 Å². The van der Waals surface area contributed by atoms with Crippen LogP contribution in [0.25, 0.3) is 0 Å². The smallest absolute Gasteiger partial charge is 0.286 e. The first-order valence-corrected chi connectivity index (χ1v) is 17.1. The van der Waals surface area contributed by atoms with E-state index < -0.39 is 52.4 Å². The van der Waals surface area contributed by atoms with Crippen LogP contribution in [0.2, 0.25) is 0 Å². The molecule has 11 nitrogen and oxygen atoms in total. The molecule has 2 aromatic heterocycles. The van der Waals surface area contributed by atoms with Crippen molar-refractivity contribution < 1.29 is 86.6 Å². The van der Waals surface area contributed by atoms with E-state index in [1.807, 2.05) is 6.26 Å². The Morgan fingerprint density at radius 1 is 0.951 bits per heavy atom. The maximum atomic E-state index is 12.9. The first-order valence-electron chi connectivity index (χ1n) is 9.76. The van der Waals surface area contributed by atoms with E-state index in [9.17, 15) is 21.8 Å². The largest absolute Gasteiger partial charge is 1.00 e. The molecule has 0 N–H and O–H groups in total. The second-order valence-electron chi connectivity index (χ2n) is 7.49. The molecule has 2 rings (SSSR count). The zero-order chi connectivity index (χ0) is 29.8. The van der Waals surface area contributed by atoms with Crippen LogP contribution in [0.15, 0.2) is 45.4 Å². The summed E-state index contributed by atoms with van der Waals surface area (Å²) in [5.74, 6) is -5.34. The standard InChI is InChI=1S/C10H11F2N3OS.C10H11F2N3S.2CH4.IO4.Na.H2/c1-10(11,12)9-4-3-8(5-14-9)6-17(2,16)15-7-13;1-10(11,12)9-4-3-8(5-14-9)6-16(2)15-7-13;;;2-1(3,4)5;;/h3-5H,6H2,1-2H3;3-5H,6H2,1-2H3;2*1H4;;;1H/q;;;;-1;+1;/i;;;;;;1+1. The van der Waals surface area contributed by atoms with Gasteiger partial charge in [0.25, 0.3) is 11.8 Å². The number of aromatic nitrogens is 2. The summed E-state index contributed by atoms with van der Waals surface area (Å²) in [6.07, 6.45) is 8.97. The van der Waals surface area contributed by atoms with Gasteiger partial charge in [0.2, 0.25) is 12.4 Å². The van der Waals surface area contributed by atoms with Gasteiger partial charge in [0.15, 0.2) is 0 Å². The van der Waals surface area contributed by atoms with Crippen molar-refractivity contribution in [2.24, 2.45) is 8.73 Å². The Morgan fingerprint density at radius 2 is 1.34 bits per heavy atom. The monoisotopic (exact) mass is 751 g/mol. The van der Waals surface area contributed by atoms with Crippen LogP contribution in [0.3, 0.4) is 0 Å². The van der Waals surface area contributed by atoms with Crippen molar-refractivity contribution in [1.82, 2.24) is 9.97 Å². The molecule has 41 heavy (non-hydrogen) atoms. The fourth-order valence-corrected chi connectivity index (χ4v) is 4.19. The maximum absolute atomic E-state index is 12.9. The third kappa shape index (κ3) is 23.9. The van der Waals surface area contributed by atoms with Gasteiger partial charge >= 0.3 is 29.6 Å². The second-order valence-corrected chi connectivity index (χ2v) is 13.7. The molecule has 0 amide bonds. The van der Waals surface area contributed by atoms with Gasteiger partial charge in [0, 0.05) is 39.7 Å². The fraction of sp³-hybridized carbons (Fsp3) is 0.455. The van der Waals surface area contributed by atoms with Crippen molar-refractivity contribution in [2.75, 3.05) is 12.5 Å². The molecule has 2 heterocycles. The molecular formula is C22H32F4IN6NaO5S2. The average molecular weight is 752 g/mol. The Morgan fingerprint density at radius 3 is 1.63 bits per heavy atom. The van der Waals surface area contributed by atoms with Gasteiger partial charge in [-0.15, -0.1) is 4.36 Å². The van der Waals surface area contributed by atoms with Gasteiger partial charge in [-0.2, -0.15) is 32.4 Å². The van der Waals surface area contributed by atoms with Crippen LogP contribution in [0, 0.1) is 22.9 Å².